The fraction of sp³-hybridized carbons (Fsp3) is 0.154. The predicted molar refractivity (Wildman–Crippen MR) is 72.9 cm³/mol. The van der Waals surface area contributed by atoms with E-state index in [1.807, 2.05) is 6.07 Å². The minimum absolute atomic E-state index is 0.174. The molecule has 0 aliphatic rings. The van der Waals surface area contributed by atoms with E-state index in [-0.39, 0.29) is 5.75 Å². The molecule has 1 aromatic heterocycles. The van der Waals surface area contributed by atoms with Crippen LogP contribution in [0.15, 0.2) is 39.9 Å². The van der Waals surface area contributed by atoms with Gasteiger partial charge in [-0.3, -0.25) is 0 Å². The summed E-state index contributed by atoms with van der Waals surface area (Å²) in [5.74, 6) is 0.297. The van der Waals surface area contributed by atoms with Crippen LogP contribution in [0.2, 0.25) is 0 Å². The van der Waals surface area contributed by atoms with E-state index in [9.17, 15) is 8.42 Å². The minimum Gasteiger partial charge on any atom is -0.496 e. The predicted octanol–water partition coefficient (Wildman–Crippen LogP) is 2.60. The second-order valence-electron chi connectivity index (χ2n) is 3.83. The van der Waals surface area contributed by atoms with E-state index in [1.165, 1.54) is 18.4 Å². The zero-order valence-corrected chi connectivity index (χ0v) is 11.8. The van der Waals surface area contributed by atoms with E-state index in [0.717, 1.165) is 0 Å². The Morgan fingerprint density at radius 2 is 2.16 bits per heavy atom. The molecule has 1 aromatic carbocycles. The van der Waals surface area contributed by atoms with Gasteiger partial charge in [0.1, 0.15) is 9.96 Å². The lowest BCUT2D eigenvalue weighted by atomic mass is 10.1. The van der Waals surface area contributed by atoms with E-state index >= 15 is 0 Å². The number of sulfone groups is 1. The number of hydrogen-bond acceptors (Lipinski definition) is 5. The number of methoxy groups -OCH3 is 1. The van der Waals surface area contributed by atoms with Gasteiger partial charge in [0.25, 0.3) is 0 Å². The van der Waals surface area contributed by atoms with Gasteiger partial charge in [0.05, 0.1) is 24.5 Å². The van der Waals surface area contributed by atoms with Crippen molar-refractivity contribution in [2.75, 3.05) is 7.11 Å². The van der Waals surface area contributed by atoms with Crippen molar-refractivity contribution < 1.29 is 13.2 Å². The Hall–Kier alpha value is -1.84. The van der Waals surface area contributed by atoms with Crippen LogP contribution in [0, 0.1) is 11.3 Å². The number of ether oxygens (including phenoxy) is 1. The SMILES string of the molecule is COc1ccc(C#N)cc1CS(=O)(=O)c1cccs1. The molecule has 0 fully saturated rings. The van der Waals surface area contributed by atoms with Crippen molar-refractivity contribution >= 4 is 21.2 Å². The fourth-order valence-corrected chi connectivity index (χ4v) is 4.12. The van der Waals surface area contributed by atoms with E-state index < -0.39 is 9.84 Å². The molecular formula is C13H11NO3S2. The Labute approximate surface area is 115 Å². The smallest absolute Gasteiger partial charge is 0.192 e. The van der Waals surface area contributed by atoms with Crippen LogP contribution in [0.1, 0.15) is 11.1 Å². The molecule has 0 bridgehead atoms. The molecule has 0 aliphatic heterocycles. The van der Waals surface area contributed by atoms with Crippen molar-refractivity contribution in [3.63, 3.8) is 0 Å². The fourth-order valence-electron chi connectivity index (χ4n) is 1.68. The lowest BCUT2D eigenvalue weighted by Crippen LogP contribution is -2.05. The van der Waals surface area contributed by atoms with Crippen molar-refractivity contribution in [1.82, 2.24) is 0 Å². The van der Waals surface area contributed by atoms with Crippen molar-refractivity contribution in [3.8, 4) is 11.8 Å². The molecule has 0 N–H and O–H groups in total. The first-order valence-corrected chi connectivity index (χ1v) is 7.93. The summed E-state index contributed by atoms with van der Waals surface area (Å²) >= 11 is 1.18. The van der Waals surface area contributed by atoms with E-state index in [2.05, 4.69) is 0 Å². The van der Waals surface area contributed by atoms with Gasteiger partial charge in [-0.15, -0.1) is 11.3 Å². The molecule has 0 radical (unpaired) electrons. The molecule has 0 saturated heterocycles. The summed E-state index contributed by atoms with van der Waals surface area (Å²) < 4.78 is 29.9. The van der Waals surface area contributed by atoms with Crippen LogP contribution in [0.25, 0.3) is 0 Å². The van der Waals surface area contributed by atoms with Crippen molar-refractivity contribution in [2.45, 2.75) is 9.96 Å². The number of thiophene rings is 1. The molecule has 0 spiro atoms. The van der Waals surface area contributed by atoms with Crippen molar-refractivity contribution in [2.24, 2.45) is 0 Å². The topological polar surface area (TPSA) is 67.2 Å². The molecule has 19 heavy (non-hydrogen) atoms. The largest absolute Gasteiger partial charge is 0.496 e. The van der Waals surface area contributed by atoms with Crippen LogP contribution < -0.4 is 4.74 Å². The summed E-state index contributed by atoms with van der Waals surface area (Å²) in [6.45, 7) is 0. The number of nitrogens with zero attached hydrogens (tertiary/aromatic N) is 1. The third kappa shape index (κ3) is 2.95. The van der Waals surface area contributed by atoms with Gasteiger partial charge in [-0.2, -0.15) is 5.26 Å². The molecule has 0 saturated carbocycles. The van der Waals surface area contributed by atoms with Crippen LogP contribution in [0.4, 0.5) is 0 Å². The van der Waals surface area contributed by atoms with Gasteiger partial charge in [-0.25, -0.2) is 8.42 Å². The maximum Gasteiger partial charge on any atom is 0.192 e. The maximum atomic E-state index is 12.2. The van der Waals surface area contributed by atoms with Gasteiger partial charge in [-0.1, -0.05) is 6.07 Å². The Morgan fingerprint density at radius 3 is 2.74 bits per heavy atom. The molecule has 0 amide bonds. The molecule has 2 aromatic rings. The summed E-state index contributed by atoms with van der Waals surface area (Å²) in [5, 5.41) is 10.6. The highest BCUT2D eigenvalue weighted by molar-refractivity contribution is 7.92. The second-order valence-corrected chi connectivity index (χ2v) is 6.99. The molecule has 98 valence electrons. The van der Waals surface area contributed by atoms with E-state index in [1.54, 1.807) is 35.7 Å². The molecular weight excluding hydrogens is 282 g/mol. The zero-order chi connectivity index (χ0) is 13.9. The average molecular weight is 293 g/mol. The molecule has 4 nitrogen and oxygen atoms in total. The third-order valence-corrected chi connectivity index (χ3v) is 5.71. The first-order chi connectivity index (χ1) is 9.06. The van der Waals surface area contributed by atoms with Gasteiger partial charge < -0.3 is 4.74 Å². The quantitative estimate of drug-likeness (QED) is 0.869. The lowest BCUT2D eigenvalue weighted by Gasteiger charge is -2.08. The average Bonchev–Trinajstić information content (AvgIpc) is 2.93. The van der Waals surface area contributed by atoms with Crippen LogP contribution in [0.3, 0.4) is 0 Å². The lowest BCUT2D eigenvalue weighted by molar-refractivity contribution is 0.411. The molecule has 0 atom stereocenters. The van der Waals surface area contributed by atoms with Crippen LogP contribution >= 0.6 is 11.3 Å². The van der Waals surface area contributed by atoms with E-state index in [0.29, 0.717) is 21.1 Å². The highest BCUT2D eigenvalue weighted by atomic mass is 32.2. The zero-order valence-electron chi connectivity index (χ0n) is 10.2. The summed E-state index contributed by atoms with van der Waals surface area (Å²) in [6, 6.07) is 10.0. The summed E-state index contributed by atoms with van der Waals surface area (Å²) in [7, 11) is -1.92. The van der Waals surface area contributed by atoms with Gasteiger partial charge in [0.15, 0.2) is 9.84 Å². The molecule has 0 aliphatic carbocycles. The normalized spacial score (nSPS) is 10.9. The van der Waals surface area contributed by atoms with Crippen molar-refractivity contribution in [3.05, 3.63) is 46.8 Å². The second kappa shape index (κ2) is 5.43. The molecule has 1 heterocycles. The van der Waals surface area contributed by atoms with Crippen molar-refractivity contribution in [1.29, 1.82) is 5.26 Å². The molecule has 2 rings (SSSR count). The van der Waals surface area contributed by atoms with Crippen LogP contribution in [0.5, 0.6) is 5.75 Å². The van der Waals surface area contributed by atoms with Gasteiger partial charge >= 0.3 is 0 Å². The van der Waals surface area contributed by atoms with Crippen LogP contribution in [-0.2, 0) is 15.6 Å². The summed E-state index contributed by atoms with van der Waals surface area (Å²) in [5.41, 5.74) is 0.909. The third-order valence-electron chi connectivity index (χ3n) is 2.56. The molecule has 6 heteroatoms. The highest BCUT2D eigenvalue weighted by Crippen LogP contribution is 2.26. The first kappa shape index (κ1) is 13.6. The van der Waals surface area contributed by atoms with E-state index in [4.69, 9.17) is 10.00 Å². The Morgan fingerprint density at radius 1 is 1.37 bits per heavy atom. The molecule has 0 unspecified atom stereocenters. The Kier molecular flexibility index (Phi) is 3.88. The maximum absolute atomic E-state index is 12.2. The number of hydrogen-bond donors (Lipinski definition) is 0. The Bertz CT molecular complexity index is 713. The van der Waals surface area contributed by atoms with Gasteiger partial charge in [-0.05, 0) is 29.6 Å². The number of nitriles is 1. The number of rotatable bonds is 4. The summed E-state index contributed by atoms with van der Waals surface area (Å²) in [4.78, 5) is 0. The summed E-state index contributed by atoms with van der Waals surface area (Å²) in [6.07, 6.45) is 0. The first-order valence-electron chi connectivity index (χ1n) is 5.40. The Balaban J connectivity index is 2.41. The van der Waals surface area contributed by atoms with Gasteiger partial charge in [0.2, 0.25) is 0 Å². The van der Waals surface area contributed by atoms with Crippen LogP contribution in [-0.4, -0.2) is 15.5 Å². The standard InChI is InChI=1S/C13H11NO3S2/c1-17-12-5-4-10(8-14)7-11(12)9-19(15,16)13-3-2-6-18-13/h2-7H,9H2,1H3. The minimum atomic E-state index is -3.40. The number of benzene rings is 1. The van der Waals surface area contributed by atoms with Gasteiger partial charge in [0, 0.05) is 5.56 Å². The highest BCUT2D eigenvalue weighted by Gasteiger charge is 2.19. The monoisotopic (exact) mass is 293 g/mol.